The fourth-order valence-corrected chi connectivity index (χ4v) is 6.83. The Morgan fingerprint density at radius 2 is 1.55 bits per heavy atom. The van der Waals surface area contributed by atoms with Gasteiger partial charge in [-0.15, -0.1) is 11.3 Å². The molecule has 4 atom stereocenters. The maximum absolute atomic E-state index is 14.4. The van der Waals surface area contributed by atoms with E-state index in [2.05, 4.69) is 20.8 Å². The molecule has 0 aliphatic carbocycles. The molecule has 1 N–H and O–H groups in total. The van der Waals surface area contributed by atoms with Crippen molar-refractivity contribution in [1.29, 1.82) is 0 Å². The predicted octanol–water partition coefficient (Wildman–Crippen LogP) is 6.71. The van der Waals surface area contributed by atoms with Crippen molar-refractivity contribution in [3.8, 4) is 11.5 Å². The van der Waals surface area contributed by atoms with Gasteiger partial charge in [-0.25, -0.2) is 4.79 Å². The number of carbonyl (C=O) groups excluding carboxylic acids is 2. The van der Waals surface area contributed by atoms with Gasteiger partial charge in [0.1, 0.15) is 6.04 Å². The molecule has 7 nitrogen and oxygen atoms in total. The Hall–Kier alpha value is -4.43. The van der Waals surface area contributed by atoms with E-state index in [9.17, 15) is 19.5 Å². The topological polar surface area (TPSA) is 93.1 Å². The first-order chi connectivity index (χ1) is 20.1. The van der Waals surface area contributed by atoms with Gasteiger partial charge in [-0.2, -0.15) is 0 Å². The first kappa shape index (κ1) is 27.7. The summed E-state index contributed by atoms with van der Waals surface area (Å²) in [5.41, 5.74) is 2.62. The Morgan fingerprint density at radius 3 is 2.19 bits per heavy atom. The van der Waals surface area contributed by atoms with Gasteiger partial charge in [-0.1, -0.05) is 75.4 Å². The summed E-state index contributed by atoms with van der Waals surface area (Å²) in [6.07, 6.45) is 0. The number of benzene rings is 3. The highest BCUT2D eigenvalue weighted by Crippen LogP contribution is 2.53. The van der Waals surface area contributed by atoms with E-state index in [1.54, 1.807) is 60.7 Å². The lowest BCUT2D eigenvalue weighted by molar-refractivity contribution is -0.142. The van der Waals surface area contributed by atoms with Gasteiger partial charge >= 0.3 is 5.97 Å². The highest BCUT2D eigenvalue weighted by molar-refractivity contribution is 7.12. The average molecular weight is 582 g/mol. The Kier molecular flexibility index (Phi) is 7.10. The molecule has 214 valence electrons. The zero-order valence-electron chi connectivity index (χ0n) is 23.5. The van der Waals surface area contributed by atoms with Crippen molar-refractivity contribution < 1.29 is 29.0 Å². The van der Waals surface area contributed by atoms with Gasteiger partial charge < -0.3 is 19.5 Å². The molecule has 1 aromatic heterocycles. The number of hydrogen-bond donors (Lipinski definition) is 1. The van der Waals surface area contributed by atoms with Gasteiger partial charge in [0.05, 0.1) is 16.8 Å². The number of carboxylic acid groups (broad SMARTS) is 1. The summed E-state index contributed by atoms with van der Waals surface area (Å²) in [5.74, 6) is -2.46. The summed E-state index contributed by atoms with van der Waals surface area (Å²) in [5, 5.41) is 12.6. The van der Waals surface area contributed by atoms with E-state index >= 15 is 0 Å². The number of nitrogens with zero attached hydrogens (tertiary/aromatic N) is 1. The Balaban J connectivity index is 1.59. The number of likely N-dealkylation sites (tertiary alicyclic amines) is 1. The molecule has 4 aromatic rings. The SMILES string of the molecule is CC(C)(C)c1ccc(C2C(C(=O)c3cccs3)C(c3ccc4c(c3)OCO4)N(C(=O)c3ccccc3)C2C(=O)O)cc1. The van der Waals surface area contributed by atoms with Crippen LogP contribution in [0, 0.1) is 5.92 Å². The van der Waals surface area contributed by atoms with E-state index in [0.29, 0.717) is 33.1 Å². The second-order valence-corrected chi connectivity index (χ2v) is 12.6. The number of Topliss-reactive ketones (excluding diaryl/α,β-unsaturated/α-hetero) is 1. The van der Waals surface area contributed by atoms with E-state index in [4.69, 9.17) is 9.47 Å². The molecule has 3 aromatic carbocycles. The number of hydrogen-bond acceptors (Lipinski definition) is 6. The van der Waals surface area contributed by atoms with Crippen LogP contribution in [0.1, 0.15) is 69.5 Å². The van der Waals surface area contributed by atoms with E-state index < -0.39 is 35.8 Å². The molecule has 8 heteroatoms. The predicted molar refractivity (Wildman–Crippen MR) is 159 cm³/mol. The quantitative estimate of drug-likeness (QED) is 0.255. The second-order valence-electron chi connectivity index (χ2n) is 11.7. The number of fused-ring (bicyclic) bond motifs is 1. The fourth-order valence-electron chi connectivity index (χ4n) is 6.12. The van der Waals surface area contributed by atoms with E-state index in [0.717, 1.165) is 5.56 Å². The highest BCUT2D eigenvalue weighted by Gasteiger charge is 2.58. The number of ether oxygens (including phenoxy) is 2. The number of amides is 1. The molecule has 2 aliphatic rings. The van der Waals surface area contributed by atoms with Crippen LogP contribution in [0.25, 0.3) is 0 Å². The Morgan fingerprint density at radius 1 is 0.857 bits per heavy atom. The molecule has 0 radical (unpaired) electrons. The van der Waals surface area contributed by atoms with Gasteiger partial charge in [0.25, 0.3) is 5.91 Å². The fraction of sp³-hybridized carbons (Fsp3) is 0.265. The summed E-state index contributed by atoms with van der Waals surface area (Å²) in [6, 6.07) is 23.1. The molecule has 0 saturated carbocycles. The molecule has 2 aliphatic heterocycles. The molecule has 0 bridgehead atoms. The van der Waals surface area contributed by atoms with Crippen LogP contribution in [0.2, 0.25) is 0 Å². The third kappa shape index (κ3) is 4.86. The van der Waals surface area contributed by atoms with Gasteiger partial charge in [0.2, 0.25) is 6.79 Å². The third-order valence-electron chi connectivity index (χ3n) is 8.14. The first-order valence-corrected chi connectivity index (χ1v) is 14.7. The normalized spacial score (nSPS) is 21.4. The average Bonchev–Trinajstić information content (AvgIpc) is 3.75. The molecule has 6 rings (SSSR count). The maximum Gasteiger partial charge on any atom is 0.327 e. The highest BCUT2D eigenvalue weighted by atomic mass is 32.1. The minimum Gasteiger partial charge on any atom is -0.480 e. The van der Waals surface area contributed by atoms with Crippen molar-refractivity contribution in [3.05, 3.63) is 117 Å². The van der Waals surface area contributed by atoms with Crippen LogP contribution < -0.4 is 9.47 Å². The van der Waals surface area contributed by atoms with Crippen molar-refractivity contribution in [3.63, 3.8) is 0 Å². The molecule has 4 unspecified atom stereocenters. The van der Waals surface area contributed by atoms with Crippen molar-refractivity contribution in [2.45, 2.75) is 44.2 Å². The summed E-state index contributed by atoms with van der Waals surface area (Å²) in [6.45, 7) is 6.39. The minimum atomic E-state index is -1.30. The van der Waals surface area contributed by atoms with E-state index in [-0.39, 0.29) is 18.0 Å². The summed E-state index contributed by atoms with van der Waals surface area (Å²) >= 11 is 1.31. The van der Waals surface area contributed by atoms with Crippen molar-refractivity contribution >= 4 is 29.0 Å². The van der Waals surface area contributed by atoms with Crippen molar-refractivity contribution in [2.24, 2.45) is 5.92 Å². The van der Waals surface area contributed by atoms with Crippen molar-refractivity contribution in [1.82, 2.24) is 4.90 Å². The first-order valence-electron chi connectivity index (χ1n) is 13.8. The lowest BCUT2D eigenvalue weighted by Crippen LogP contribution is -2.43. The maximum atomic E-state index is 14.4. The molecule has 1 fully saturated rings. The summed E-state index contributed by atoms with van der Waals surface area (Å²) in [4.78, 5) is 43.9. The number of aliphatic carboxylic acids is 1. The molecule has 1 saturated heterocycles. The van der Waals surface area contributed by atoms with E-state index in [1.165, 1.54) is 16.2 Å². The monoisotopic (exact) mass is 581 g/mol. The minimum absolute atomic E-state index is 0.0637. The second kappa shape index (κ2) is 10.8. The third-order valence-corrected chi connectivity index (χ3v) is 9.03. The lowest BCUT2D eigenvalue weighted by Gasteiger charge is -2.30. The number of carbonyl (C=O) groups is 3. The summed E-state index contributed by atoms with van der Waals surface area (Å²) in [7, 11) is 0. The Bertz CT molecular complexity index is 1630. The van der Waals surface area contributed by atoms with Gasteiger partial charge in [0, 0.05) is 11.5 Å². The molecular formula is C34H31NO6S. The van der Waals surface area contributed by atoms with Gasteiger partial charge in [-0.05, 0) is 57.8 Å². The Labute approximate surface area is 248 Å². The number of rotatable bonds is 6. The van der Waals surface area contributed by atoms with Crippen LogP contribution in [-0.2, 0) is 10.2 Å². The van der Waals surface area contributed by atoms with E-state index in [1.807, 2.05) is 29.6 Å². The number of thiophene rings is 1. The van der Waals surface area contributed by atoms with Crippen LogP contribution in [0.4, 0.5) is 0 Å². The largest absolute Gasteiger partial charge is 0.480 e. The molecule has 3 heterocycles. The van der Waals surface area contributed by atoms with Crippen molar-refractivity contribution in [2.75, 3.05) is 6.79 Å². The van der Waals surface area contributed by atoms with Crippen LogP contribution >= 0.6 is 11.3 Å². The van der Waals surface area contributed by atoms with Crippen LogP contribution in [0.5, 0.6) is 11.5 Å². The van der Waals surface area contributed by atoms with Gasteiger partial charge in [0.15, 0.2) is 17.3 Å². The van der Waals surface area contributed by atoms with Crippen LogP contribution in [0.3, 0.4) is 0 Å². The van der Waals surface area contributed by atoms with Crippen LogP contribution in [-0.4, -0.2) is 40.5 Å². The molecule has 42 heavy (non-hydrogen) atoms. The lowest BCUT2D eigenvalue weighted by atomic mass is 9.76. The zero-order chi connectivity index (χ0) is 29.6. The smallest absolute Gasteiger partial charge is 0.327 e. The summed E-state index contributed by atoms with van der Waals surface area (Å²) < 4.78 is 11.2. The number of carboxylic acids is 1. The van der Waals surface area contributed by atoms with Gasteiger partial charge in [-0.3, -0.25) is 9.59 Å². The number of ketones is 1. The van der Waals surface area contributed by atoms with Crippen LogP contribution in [0.15, 0.2) is 90.3 Å². The zero-order valence-corrected chi connectivity index (χ0v) is 24.3. The molecular weight excluding hydrogens is 550 g/mol. The molecule has 0 spiro atoms. The standard InChI is InChI=1S/C34H31NO6S/c1-34(2,3)23-14-11-20(12-15-23)27-28(31(36)26-10-7-17-42-26)29(22-13-16-24-25(18-22)41-19-40-24)35(30(27)33(38)39)32(37)21-8-5-4-6-9-21/h4-18,27-30H,19H2,1-3H3,(H,38,39). The molecule has 1 amide bonds.